The lowest BCUT2D eigenvalue weighted by Gasteiger charge is -2.46. The number of ether oxygens (including phenoxy) is 1. The number of likely N-dealkylation sites (N-methyl/N-ethyl adjacent to an activating group) is 3. The van der Waals surface area contributed by atoms with Gasteiger partial charge < -0.3 is 52.6 Å². The molecule has 6 fully saturated rings. The van der Waals surface area contributed by atoms with Gasteiger partial charge in [0.25, 0.3) is 17.7 Å². The molecule has 7 heterocycles. The van der Waals surface area contributed by atoms with Crippen molar-refractivity contribution < 1.29 is 52.3 Å². The number of carbonyl (C=O) groups is 9. The number of benzene rings is 2. The number of imide groups is 3. The van der Waals surface area contributed by atoms with Crippen LogP contribution in [0.25, 0.3) is 0 Å². The summed E-state index contributed by atoms with van der Waals surface area (Å²) in [5.74, 6) is -2.00. The molecule has 3 saturated carbocycles. The molecule has 12 amide bonds. The number of carbonyl (C=O) groups excluding carboxylic acids is 9. The number of aromatic nitrogens is 4. The molecule has 3 aliphatic carbocycles. The number of rotatable bonds is 22. The minimum Gasteiger partial charge on any atom is -0.497 e. The number of anilines is 6. The Balaban J connectivity index is 0.000000173. The van der Waals surface area contributed by atoms with Gasteiger partial charge >= 0.3 is 18.1 Å². The zero-order chi connectivity index (χ0) is 77.3. The van der Waals surface area contributed by atoms with Crippen LogP contribution in [0.4, 0.5) is 53.3 Å². The van der Waals surface area contributed by atoms with E-state index in [1.54, 1.807) is 131 Å². The Hall–Kier alpha value is -10.6. The van der Waals surface area contributed by atoms with E-state index in [0.717, 1.165) is 128 Å². The molecule has 108 heavy (non-hydrogen) atoms. The van der Waals surface area contributed by atoms with E-state index in [4.69, 9.17) is 21.9 Å². The van der Waals surface area contributed by atoms with Gasteiger partial charge in [0.05, 0.1) is 24.9 Å². The molecule has 6 aromatic rings. The summed E-state index contributed by atoms with van der Waals surface area (Å²) in [4.78, 5) is 145. The van der Waals surface area contributed by atoms with E-state index < -0.39 is 71.6 Å². The highest BCUT2D eigenvalue weighted by molar-refractivity contribution is 6.15. The van der Waals surface area contributed by atoms with Crippen LogP contribution in [0.5, 0.6) is 5.75 Å². The van der Waals surface area contributed by atoms with Gasteiger partial charge in [-0.15, -0.1) is 0 Å². The molecule has 0 bridgehead atoms. The summed E-state index contributed by atoms with van der Waals surface area (Å²) in [5, 5.41) is 9.21. The van der Waals surface area contributed by atoms with E-state index >= 15 is 0 Å². The Bertz CT molecular complexity index is 4140. The van der Waals surface area contributed by atoms with Crippen molar-refractivity contribution in [2.45, 2.75) is 192 Å². The second-order valence-corrected chi connectivity index (χ2v) is 29.3. The van der Waals surface area contributed by atoms with Gasteiger partial charge in [0, 0.05) is 93.4 Å². The van der Waals surface area contributed by atoms with Crippen LogP contribution in [0.3, 0.4) is 0 Å². The smallest absolute Gasteiger partial charge is 0.325 e. The summed E-state index contributed by atoms with van der Waals surface area (Å²) < 4.78 is 19.1. The highest BCUT2D eigenvalue weighted by Gasteiger charge is 2.58. The van der Waals surface area contributed by atoms with E-state index in [2.05, 4.69) is 35.9 Å². The highest BCUT2D eigenvalue weighted by atomic mass is 19.1. The van der Waals surface area contributed by atoms with Gasteiger partial charge in [0.1, 0.15) is 47.1 Å². The number of nitrogens with zero attached hydrogens (tertiary/aromatic N) is 10. The molecule has 0 radical (unpaired) electrons. The number of halogens is 1. The highest BCUT2D eigenvalue weighted by Crippen LogP contribution is 2.39. The number of urea groups is 3. The third-order valence-corrected chi connectivity index (χ3v) is 22.5. The summed E-state index contributed by atoms with van der Waals surface area (Å²) in [7, 11) is 6.38. The molecule has 26 nitrogen and oxygen atoms in total. The van der Waals surface area contributed by atoms with Gasteiger partial charge in [0.2, 0.25) is 17.7 Å². The normalized spacial score (nSPS) is 20.9. The first kappa shape index (κ1) is 80.0. The lowest BCUT2D eigenvalue weighted by molar-refractivity contribution is -0.156. The predicted octanol–water partition coefficient (Wildman–Crippen LogP) is 10.8. The van der Waals surface area contributed by atoms with E-state index in [-0.39, 0.29) is 54.6 Å². The summed E-state index contributed by atoms with van der Waals surface area (Å²) in [6.07, 6.45) is 28.0. The monoisotopic (exact) mass is 1480 g/mol. The number of methoxy groups -OCH3 is 1. The fraction of sp³-hybridized carbons (Fsp3) is 0.494. The molecule has 3 aliphatic heterocycles. The number of nitrogen functional groups attached to an aromatic ring is 3. The van der Waals surface area contributed by atoms with Crippen molar-refractivity contribution >= 4 is 88.1 Å². The zero-order valence-corrected chi connectivity index (χ0v) is 63.1. The third-order valence-electron chi connectivity index (χ3n) is 22.5. The second kappa shape index (κ2) is 37.3. The zero-order valence-electron chi connectivity index (χ0n) is 63.1. The predicted molar refractivity (Wildman–Crippen MR) is 411 cm³/mol. The standard InChI is InChI=1S/C28H37N5O4.C27H34FN5O3.C26H34N6O3/c1-4-23(19-9-6-5-7-10-19)31-28(36)33-25(22(26(33)34)15-18-13-14-30-24(29)16-18)27(35)32(2)20-11-8-12-21(17-20)37-3;1-3-22(18-8-5-4-6-9-18)31-27(36)33-24(26(35)32(2)20-11-7-10-19(28)16-20)21(25(33)34)14-17-12-13-30-23(29)15-17;1-3-21(18-7-5-4-6-8-18)30-26(35)32-23(25(34)31(2)19-10-12-28-13-11-19)20(24(32)33)15-17-9-14-29-22(27)16-17/h8,11-14,16-17,19,22-23,25H,4-7,9-10,15H2,1-3H3,(H2,29,30)(H,31,36);7,10-13,15-16,18,21-22,24H,3-6,8-9,14H2,1-2H3,(H2,29,30)(H,31,36);9-14,16,18,20-21,23H,3-8,15H2,1-2H3,(H2,27,29)(H,30,35)/t22-,23-,25+;21-,22-,24+;20-,21-,23+/m111/s1. The number of β-lactam (4-membered cyclic amide) rings is 3. The van der Waals surface area contributed by atoms with Crippen molar-refractivity contribution in [3.8, 4) is 5.75 Å². The van der Waals surface area contributed by atoms with Crippen molar-refractivity contribution in [2.24, 2.45) is 35.5 Å². The van der Waals surface area contributed by atoms with Crippen molar-refractivity contribution in [3.63, 3.8) is 0 Å². The Labute approximate surface area is 631 Å². The van der Waals surface area contributed by atoms with Gasteiger partial charge in [-0.3, -0.25) is 48.5 Å². The van der Waals surface area contributed by atoms with Gasteiger partial charge in [-0.2, -0.15) is 0 Å². The van der Waals surface area contributed by atoms with Crippen LogP contribution in [0, 0.1) is 41.3 Å². The Morgan fingerprint density at radius 1 is 0.454 bits per heavy atom. The van der Waals surface area contributed by atoms with Crippen LogP contribution in [0.2, 0.25) is 0 Å². The number of nitrogens with one attached hydrogen (secondary N) is 3. The third kappa shape index (κ3) is 19.0. The van der Waals surface area contributed by atoms with Crippen LogP contribution in [0.1, 0.15) is 153 Å². The molecule has 4 aromatic heterocycles. The fourth-order valence-electron chi connectivity index (χ4n) is 16.4. The first-order chi connectivity index (χ1) is 52.0. The molecular weight excluding hydrogens is 1380 g/mol. The Kier molecular flexibility index (Phi) is 27.6. The van der Waals surface area contributed by atoms with Crippen molar-refractivity contribution in [2.75, 3.05) is 60.2 Å². The average molecular weight is 1480 g/mol. The van der Waals surface area contributed by atoms with Gasteiger partial charge in [-0.05, 0) is 190 Å². The molecule has 2 aromatic carbocycles. The van der Waals surface area contributed by atoms with Crippen LogP contribution in [0.15, 0.2) is 128 Å². The summed E-state index contributed by atoms with van der Waals surface area (Å²) in [5.41, 5.74) is 21.4. The number of pyridine rings is 4. The van der Waals surface area contributed by atoms with Crippen LogP contribution in [-0.4, -0.2) is 153 Å². The first-order valence-corrected chi connectivity index (χ1v) is 38.2. The largest absolute Gasteiger partial charge is 0.497 e. The molecule has 12 rings (SSSR count). The van der Waals surface area contributed by atoms with Gasteiger partial charge in [-0.1, -0.05) is 90.7 Å². The number of nitrogens with two attached hydrogens (primary N) is 3. The first-order valence-electron chi connectivity index (χ1n) is 38.2. The summed E-state index contributed by atoms with van der Waals surface area (Å²) in [6, 6.07) is 22.1. The quantitative estimate of drug-likeness (QED) is 0.0344. The lowest BCUT2D eigenvalue weighted by atomic mass is 9.81. The minimum absolute atomic E-state index is 0.0108. The molecular formula is C81H105FN16O10. The summed E-state index contributed by atoms with van der Waals surface area (Å²) >= 11 is 0. The maximum Gasteiger partial charge on any atom is 0.325 e. The fourth-order valence-corrected chi connectivity index (χ4v) is 16.4. The van der Waals surface area contributed by atoms with Crippen LogP contribution in [-0.2, 0) is 48.0 Å². The molecule has 6 aliphatic rings. The SMILES string of the molecule is CC[C@@H](NC(=O)N1C(=O)[C@H](Cc2ccnc(N)c2)[C@H]1C(=O)N(C)c1cccc(F)c1)C1CCCCC1.CC[C@@H](NC(=O)N1C(=O)[C@H](Cc2ccnc(N)c2)[C@H]1C(=O)N(C)c1cccc(OC)c1)C1CCCCC1.CC[C@@H](NC(=O)N1C(=O)[C@H](Cc2ccnc(N)c2)[C@H]1C(=O)N(C)c1ccncc1)C1CCCCC1. The van der Waals surface area contributed by atoms with Gasteiger partial charge in [0.15, 0.2) is 0 Å². The second-order valence-electron chi connectivity index (χ2n) is 29.3. The molecule has 576 valence electrons. The average Bonchev–Trinajstić information content (AvgIpc) is 0.753. The van der Waals surface area contributed by atoms with E-state index in [0.29, 0.717) is 64.4 Å². The topological polar surface area (TPSA) is 348 Å². The van der Waals surface area contributed by atoms with Crippen molar-refractivity contribution in [1.82, 2.24) is 50.6 Å². The van der Waals surface area contributed by atoms with E-state index in [1.807, 2.05) is 20.8 Å². The van der Waals surface area contributed by atoms with Crippen LogP contribution < -0.4 is 52.6 Å². The Morgan fingerprint density at radius 2 is 0.778 bits per heavy atom. The Morgan fingerprint density at radius 3 is 1.09 bits per heavy atom. The molecule has 9 atom stereocenters. The lowest BCUT2D eigenvalue weighted by Crippen LogP contribution is -2.71. The molecule has 9 N–H and O–H groups in total. The minimum atomic E-state index is -1.01. The molecule has 27 heteroatoms. The van der Waals surface area contributed by atoms with Gasteiger partial charge in [-0.25, -0.2) is 33.7 Å². The van der Waals surface area contributed by atoms with Crippen LogP contribution >= 0.6 is 0 Å². The summed E-state index contributed by atoms with van der Waals surface area (Å²) in [6.45, 7) is 6.12. The van der Waals surface area contributed by atoms with Crippen molar-refractivity contribution in [1.29, 1.82) is 0 Å². The maximum absolute atomic E-state index is 13.8. The molecule has 0 spiro atoms. The number of hydrogen-bond donors (Lipinski definition) is 6. The number of amides is 12. The number of hydrogen-bond acceptors (Lipinski definition) is 17. The molecule has 0 unspecified atom stereocenters. The molecule has 3 saturated heterocycles. The van der Waals surface area contributed by atoms with E-state index in [1.165, 1.54) is 59.2 Å². The maximum atomic E-state index is 13.8. The number of likely N-dealkylation sites (tertiary alicyclic amines) is 3. The van der Waals surface area contributed by atoms with E-state index in [9.17, 15) is 47.5 Å². The van der Waals surface area contributed by atoms with Crippen molar-refractivity contribution in [3.05, 3.63) is 151 Å².